The van der Waals surface area contributed by atoms with Crippen LogP contribution in [0.15, 0.2) is 30.6 Å². The quantitative estimate of drug-likeness (QED) is 0.727. The first-order valence-corrected chi connectivity index (χ1v) is 6.39. The number of pyridine rings is 1. The molecule has 2 heterocycles. The number of hydrogen-bond acceptors (Lipinski definition) is 4. The molecule has 1 aromatic heterocycles. The Labute approximate surface area is 111 Å². The third-order valence-corrected chi connectivity index (χ3v) is 3.49. The summed E-state index contributed by atoms with van der Waals surface area (Å²) in [6.45, 7) is 0.701. The van der Waals surface area contributed by atoms with Crippen molar-refractivity contribution in [1.82, 2.24) is 10.3 Å². The van der Waals surface area contributed by atoms with E-state index in [4.69, 9.17) is 5.73 Å². The summed E-state index contributed by atoms with van der Waals surface area (Å²) < 4.78 is 0. The lowest BCUT2D eigenvalue weighted by Crippen LogP contribution is -2.31. The Kier molecular flexibility index (Phi) is 2.95. The summed E-state index contributed by atoms with van der Waals surface area (Å²) in [5, 5.41) is 8.26. The van der Waals surface area contributed by atoms with Gasteiger partial charge in [-0.1, -0.05) is 6.07 Å². The molecule has 19 heavy (non-hydrogen) atoms. The number of nitrogens with zero attached hydrogens (tertiary/aromatic N) is 1. The van der Waals surface area contributed by atoms with Gasteiger partial charge in [0.1, 0.15) is 0 Å². The minimum Gasteiger partial charge on any atom is -0.397 e. The first kappa shape index (κ1) is 11.8. The second-order valence-corrected chi connectivity index (χ2v) is 4.81. The molecule has 0 radical (unpaired) electrons. The molecule has 98 valence electrons. The summed E-state index contributed by atoms with van der Waals surface area (Å²) in [4.78, 5) is 15.2. The molecule has 1 atom stereocenters. The lowest BCUT2D eigenvalue weighted by molar-refractivity contribution is -0.119. The zero-order valence-corrected chi connectivity index (χ0v) is 10.5. The van der Waals surface area contributed by atoms with Gasteiger partial charge in [-0.15, -0.1) is 0 Å². The molecule has 0 saturated carbocycles. The van der Waals surface area contributed by atoms with Crippen molar-refractivity contribution in [3.63, 3.8) is 0 Å². The highest BCUT2D eigenvalue weighted by molar-refractivity contribution is 5.98. The van der Waals surface area contributed by atoms with Crippen LogP contribution in [0.1, 0.15) is 12.8 Å². The molecule has 5 nitrogen and oxygen atoms in total. The standard InChI is InChI=1S/C14H16N4O/c15-14-11-5-6-16-7-9(11)1-3-12(14)17-8-10-2-4-13(19)18-10/h1,3,5-7,10,17H,2,4,8,15H2,(H,18,19). The van der Waals surface area contributed by atoms with Crippen LogP contribution in [0.25, 0.3) is 10.8 Å². The number of nitrogens with one attached hydrogen (secondary N) is 2. The number of fused-ring (bicyclic) bond motifs is 1. The predicted octanol–water partition coefficient (Wildman–Crippen LogP) is 1.51. The van der Waals surface area contributed by atoms with Crippen molar-refractivity contribution < 1.29 is 4.79 Å². The molecule has 1 fully saturated rings. The molecule has 1 aromatic carbocycles. The van der Waals surface area contributed by atoms with Crippen LogP contribution in [0.2, 0.25) is 0 Å². The van der Waals surface area contributed by atoms with Gasteiger partial charge in [0.25, 0.3) is 0 Å². The zero-order chi connectivity index (χ0) is 13.2. The number of benzene rings is 1. The lowest BCUT2D eigenvalue weighted by atomic mass is 10.1. The molecule has 3 rings (SSSR count). The summed E-state index contributed by atoms with van der Waals surface area (Å²) in [7, 11) is 0. The second-order valence-electron chi connectivity index (χ2n) is 4.81. The van der Waals surface area contributed by atoms with Crippen LogP contribution >= 0.6 is 0 Å². The van der Waals surface area contributed by atoms with E-state index >= 15 is 0 Å². The normalized spacial score (nSPS) is 18.5. The number of nitrogen functional groups attached to an aromatic ring is 1. The van der Waals surface area contributed by atoms with Crippen LogP contribution < -0.4 is 16.4 Å². The van der Waals surface area contributed by atoms with Gasteiger partial charge >= 0.3 is 0 Å². The monoisotopic (exact) mass is 256 g/mol. The minimum absolute atomic E-state index is 0.129. The maximum absolute atomic E-state index is 11.1. The Morgan fingerprint density at radius 1 is 1.42 bits per heavy atom. The van der Waals surface area contributed by atoms with Crippen molar-refractivity contribution in [1.29, 1.82) is 0 Å². The van der Waals surface area contributed by atoms with Gasteiger partial charge in [0, 0.05) is 42.2 Å². The van der Waals surface area contributed by atoms with Gasteiger partial charge < -0.3 is 16.4 Å². The molecule has 5 heteroatoms. The number of nitrogens with two attached hydrogens (primary N) is 1. The van der Waals surface area contributed by atoms with Crippen molar-refractivity contribution in [3.05, 3.63) is 30.6 Å². The molecule has 1 aliphatic rings. The van der Waals surface area contributed by atoms with Gasteiger partial charge in [0.2, 0.25) is 5.91 Å². The number of hydrogen-bond donors (Lipinski definition) is 3. The maximum Gasteiger partial charge on any atom is 0.220 e. The van der Waals surface area contributed by atoms with Crippen LogP contribution in [0, 0.1) is 0 Å². The topological polar surface area (TPSA) is 80.0 Å². The lowest BCUT2D eigenvalue weighted by Gasteiger charge is -2.15. The molecule has 1 unspecified atom stereocenters. The number of carbonyl (C=O) groups is 1. The molecule has 1 saturated heterocycles. The summed E-state index contributed by atoms with van der Waals surface area (Å²) in [6.07, 6.45) is 5.03. The number of aromatic nitrogens is 1. The molecule has 0 bridgehead atoms. The van der Waals surface area contributed by atoms with Crippen molar-refractivity contribution in [2.45, 2.75) is 18.9 Å². The van der Waals surface area contributed by atoms with Crippen LogP contribution in [0.5, 0.6) is 0 Å². The summed E-state index contributed by atoms with van der Waals surface area (Å²) >= 11 is 0. The highest BCUT2D eigenvalue weighted by Crippen LogP contribution is 2.28. The highest BCUT2D eigenvalue weighted by atomic mass is 16.1. The SMILES string of the molecule is Nc1c(NCC2CCC(=O)N2)ccc2cnccc12. The van der Waals surface area contributed by atoms with Gasteiger partial charge in [-0.25, -0.2) is 0 Å². The Bertz CT molecular complexity index is 626. The minimum atomic E-state index is 0.129. The van der Waals surface area contributed by atoms with E-state index in [-0.39, 0.29) is 11.9 Å². The van der Waals surface area contributed by atoms with E-state index in [0.717, 1.165) is 28.6 Å². The Morgan fingerprint density at radius 2 is 2.32 bits per heavy atom. The van der Waals surface area contributed by atoms with E-state index in [0.29, 0.717) is 13.0 Å². The predicted molar refractivity (Wildman–Crippen MR) is 75.8 cm³/mol. The van der Waals surface area contributed by atoms with E-state index in [1.165, 1.54) is 0 Å². The van der Waals surface area contributed by atoms with Crippen molar-refractivity contribution in [2.24, 2.45) is 0 Å². The number of anilines is 2. The zero-order valence-electron chi connectivity index (χ0n) is 10.5. The average molecular weight is 256 g/mol. The van der Waals surface area contributed by atoms with Crippen LogP contribution in [-0.2, 0) is 4.79 Å². The largest absolute Gasteiger partial charge is 0.397 e. The fraction of sp³-hybridized carbons (Fsp3) is 0.286. The number of rotatable bonds is 3. The highest BCUT2D eigenvalue weighted by Gasteiger charge is 2.20. The number of amides is 1. The smallest absolute Gasteiger partial charge is 0.220 e. The summed E-state index contributed by atoms with van der Waals surface area (Å²) in [6, 6.07) is 6.05. The average Bonchev–Trinajstić information content (AvgIpc) is 2.84. The van der Waals surface area contributed by atoms with E-state index < -0.39 is 0 Å². The first-order chi connectivity index (χ1) is 9.24. The van der Waals surface area contributed by atoms with E-state index in [1.807, 2.05) is 18.2 Å². The maximum atomic E-state index is 11.1. The molecule has 2 aromatic rings. The number of carbonyl (C=O) groups excluding carboxylic acids is 1. The van der Waals surface area contributed by atoms with Crippen molar-refractivity contribution >= 4 is 28.1 Å². The molecule has 0 aliphatic carbocycles. The van der Waals surface area contributed by atoms with Gasteiger partial charge in [-0.3, -0.25) is 9.78 Å². The van der Waals surface area contributed by atoms with Crippen LogP contribution in [-0.4, -0.2) is 23.5 Å². The van der Waals surface area contributed by atoms with Crippen LogP contribution in [0.4, 0.5) is 11.4 Å². The summed E-state index contributed by atoms with van der Waals surface area (Å²) in [5.74, 6) is 0.129. The molecular weight excluding hydrogens is 240 g/mol. The Balaban J connectivity index is 1.77. The van der Waals surface area contributed by atoms with E-state index in [2.05, 4.69) is 15.6 Å². The third kappa shape index (κ3) is 2.31. The molecule has 4 N–H and O–H groups in total. The van der Waals surface area contributed by atoms with Gasteiger partial charge in [-0.2, -0.15) is 0 Å². The van der Waals surface area contributed by atoms with Gasteiger partial charge in [0.05, 0.1) is 11.4 Å². The molecule has 1 amide bonds. The molecule has 0 spiro atoms. The fourth-order valence-corrected chi connectivity index (χ4v) is 2.41. The molecular formula is C14H16N4O. The third-order valence-electron chi connectivity index (χ3n) is 3.49. The van der Waals surface area contributed by atoms with E-state index in [9.17, 15) is 4.79 Å². The fourth-order valence-electron chi connectivity index (χ4n) is 2.41. The second kappa shape index (κ2) is 4.76. The Hall–Kier alpha value is -2.30. The molecule has 1 aliphatic heterocycles. The van der Waals surface area contributed by atoms with Crippen molar-refractivity contribution in [3.8, 4) is 0 Å². The Morgan fingerprint density at radius 3 is 3.11 bits per heavy atom. The summed E-state index contributed by atoms with van der Waals surface area (Å²) in [5.41, 5.74) is 7.78. The van der Waals surface area contributed by atoms with Crippen LogP contribution in [0.3, 0.4) is 0 Å². The van der Waals surface area contributed by atoms with Gasteiger partial charge in [0.15, 0.2) is 0 Å². The van der Waals surface area contributed by atoms with Gasteiger partial charge in [-0.05, 0) is 18.6 Å². The first-order valence-electron chi connectivity index (χ1n) is 6.39. The van der Waals surface area contributed by atoms with Crippen molar-refractivity contribution in [2.75, 3.05) is 17.6 Å². The van der Waals surface area contributed by atoms with E-state index in [1.54, 1.807) is 12.4 Å².